The van der Waals surface area contributed by atoms with Crippen molar-refractivity contribution in [2.45, 2.75) is 39.8 Å². The standard InChI is InChI=1S/C20H27N3O3/c1-14-6-5-7-18(15(14)2)16(3)19-21-8-9-23(19)17(4)26-20(24)22-10-12-25-13-11-22/h5-9,16-17H,10-13H2,1-4H3. The summed E-state index contributed by atoms with van der Waals surface area (Å²) in [7, 11) is 0. The van der Waals surface area contributed by atoms with Crippen LogP contribution in [0.2, 0.25) is 0 Å². The lowest BCUT2D eigenvalue weighted by molar-refractivity contribution is 0.000111. The molecule has 1 amide bonds. The van der Waals surface area contributed by atoms with Crippen LogP contribution in [0.25, 0.3) is 0 Å². The molecule has 6 heteroatoms. The molecule has 0 radical (unpaired) electrons. The van der Waals surface area contributed by atoms with E-state index in [-0.39, 0.29) is 12.0 Å². The number of hydrogen-bond donors (Lipinski definition) is 0. The number of hydrogen-bond acceptors (Lipinski definition) is 4. The third-order valence-electron chi connectivity index (χ3n) is 5.13. The molecule has 1 aliphatic heterocycles. The Morgan fingerprint density at radius 3 is 2.69 bits per heavy atom. The van der Waals surface area contributed by atoms with Crippen molar-refractivity contribution >= 4 is 6.09 Å². The molecule has 1 aromatic carbocycles. The maximum Gasteiger partial charge on any atom is 0.411 e. The maximum atomic E-state index is 12.4. The van der Waals surface area contributed by atoms with E-state index in [1.807, 2.05) is 17.7 Å². The first-order valence-corrected chi connectivity index (χ1v) is 9.11. The van der Waals surface area contributed by atoms with Gasteiger partial charge in [-0.15, -0.1) is 0 Å². The second kappa shape index (κ2) is 7.91. The number of amides is 1. The number of imidazole rings is 1. The Balaban J connectivity index is 1.77. The van der Waals surface area contributed by atoms with Gasteiger partial charge in [0.15, 0.2) is 6.23 Å². The first kappa shape index (κ1) is 18.5. The molecule has 140 valence electrons. The van der Waals surface area contributed by atoms with Gasteiger partial charge in [-0.3, -0.25) is 4.57 Å². The number of carbonyl (C=O) groups is 1. The van der Waals surface area contributed by atoms with Gasteiger partial charge in [0, 0.05) is 31.4 Å². The summed E-state index contributed by atoms with van der Waals surface area (Å²) < 4.78 is 12.9. The van der Waals surface area contributed by atoms with E-state index in [4.69, 9.17) is 9.47 Å². The van der Waals surface area contributed by atoms with Gasteiger partial charge >= 0.3 is 6.09 Å². The first-order valence-electron chi connectivity index (χ1n) is 9.11. The van der Waals surface area contributed by atoms with Crippen LogP contribution in [0.4, 0.5) is 4.79 Å². The highest BCUT2D eigenvalue weighted by Crippen LogP contribution is 2.29. The fourth-order valence-corrected chi connectivity index (χ4v) is 3.37. The van der Waals surface area contributed by atoms with E-state index in [0.717, 1.165) is 5.82 Å². The fourth-order valence-electron chi connectivity index (χ4n) is 3.37. The number of aryl methyl sites for hydroxylation is 1. The summed E-state index contributed by atoms with van der Waals surface area (Å²) in [5, 5.41) is 0. The summed E-state index contributed by atoms with van der Waals surface area (Å²) in [4.78, 5) is 18.6. The van der Waals surface area contributed by atoms with Gasteiger partial charge in [0.05, 0.1) is 13.2 Å². The van der Waals surface area contributed by atoms with Crippen molar-refractivity contribution in [3.63, 3.8) is 0 Å². The molecule has 0 bridgehead atoms. The highest BCUT2D eigenvalue weighted by atomic mass is 16.6. The van der Waals surface area contributed by atoms with Crippen LogP contribution in [-0.2, 0) is 9.47 Å². The average Bonchev–Trinajstić information content (AvgIpc) is 3.14. The molecular weight excluding hydrogens is 330 g/mol. The van der Waals surface area contributed by atoms with Gasteiger partial charge in [-0.25, -0.2) is 9.78 Å². The molecule has 2 atom stereocenters. The van der Waals surface area contributed by atoms with Crippen LogP contribution in [0.1, 0.15) is 48.5 Å². The molecule has 6 nitrogen and oxygen atoms in total. The zero-order valence-corrected chi connectivity index (χ0v) is 15.9. The predicted octanol–water partition coefficient (Wildman–Crippen LogP) is 3.64. The van der Waals surface area contributed by atoms with Gasteiger partial charge in [-0.05, 0) is 37.5 Å². The summed E-state index contributed by atoms with van der Waals surface area (Å²) in [5.41, 5.74) is 3.77. The van der Waals surface area contributed by atoms with Crippen LogP contribution < -0.4 is 0 Å². The van der Waals surface area contributed by atoms with E-state index < -0.39 is 6.23 Å². The quantitative estimate of drug-likeness (QED) is 0.838. The van der Waals surface area contributed by atoms with Crippen LogP contribution in [0, 0.1) is 13.8 Å². The molecule has 0 saturated carbocycles. The SMILES string of the molecule is Cc1cccc(C(C)c2nccn2C(C)OC(=O)N2CCOCC2)c1C. The van der Waals surface area contributed by atoms with E-state index in [1.165, 1.54) is 16.7 Å². The molecule has 2 heterocycles. The largest absolute Gasteiger partial charge is 0.425 e. The Kier molecular flexibility index (Phi) is 5.61. The second-order valence-corrected chi connectivity index (χ2v) is 6.79. The van der Waals surface area contributed by atoms with E-state index in [2.05, 4.69) is 44.0 Å². The fraction of sp³-hybridized carbons (Fsp3) is 0.500. The zero-order chi connectivity index (χ0) is 18.7. The molecule has 3 rings (SSSR count). The molecule has 2 aromatic rings. The summed E-state index contributed by atoms with van der Waals surface area (Å²) in [5.74, 6) is 0.996. The highest BCUT2D eigenvalue weighted by molar-refractivity contribution is 5.67. The van der Waals surface area contributed by atoms with Crippen molar-refractivity contribution in [1.82, 2.24) is 14.5 Å². The molecule has 0 N–H and O–H groups in total. The zero-order valence-electron chi connectivity index (χ0n) is 15.9. The van der Waals surface area contributed by atoms with E-state index in [9.17, 15) is 4.79 Å². The lowest BCUT2D eigenvalue weighted by Crippen LogP contribution is -2.41. The van der Waals surface area contributed by atoms with Gasteiger partial charge in [0.2, 0.25) is 0 Å². The van der Waals surface area contributed by atoms with Crippen LogP contribution in [-0.4, -0.2) is 46.8 Å². The van der Waals surface area contributed by atoms with E-state index in [1.54, 1.807) is 11.1 Å². The Labute approximate surface area is 154 Å². The number of benzene rings is 1. The van der Waals surface area contributed by atoms with E-state index in [0.29, 0.717) is 26.3 Å². The molecular formula is C20H27N3O3. The minimum atomic E-state index is -0.421. The minimum Gasteiger partial charge on any atom is -0.425 e. The summed E-state index contributed by atoms with van der Waals surface area (Å²) in [6.07, 6.45) is 2.90. The number of nitrogens with zero attached hydrogens (tertiary/aromatic N) is 3. The van der Waals surface area contributed by atoms with Crippen molar-refractivity contribution in [3.05, 3.63) is 53.1 Å². The summed E-state index contributed by atoms with van der Waals surface area (Å²) in [6.45, 7) is 10.5. The van der Waals surface area contributed by atoms with Gasteiger partial charge in [0.25, 0.3) is 0 Å². The van der Waals surface area contributed by atoms with Gasteiger partial charge in [-0.2, -0.15) is 0 Å². The van der Waals surface area contributed by atoms with Crippen LogP contribution in [0.5, 0.6) is 0 Å². The number of carbonyl (C=O) groups excluding carboxylic acids is 1. The Morgan fingerprint density at radius 2 is 1.96 bits per heavy atom. The Bertz CT molecular complexity index is 765. The highest BCUT2D eigenvalue weighted by Gasteiger charge is 2.24. The normalized spacial score (nSPS) is 17.0. The van der Waals surface area contributed by atoms with Crippen LogP contribution >= 0.6 is 0 Å². The van der Waals surface area contributed by atoms with Crippen molar-refractivity contribution in [2.75, 3.05) is 26.3 Å². The molecule has 0 aliphatic carbocycles. The average molecular weight is 357 g/mol. The second-order valence-electron chi connectivity index (χ2n) is 6.79. The van der Waals surface area contributed by atoms with Crippen molar-refractivity contribution < 1.29 is 14.3 Å². The van der Waals surface area contributed by atoms with E-state index >= 15 is 0 Å². The number of morpholine rings is 1. The molecule has 0 spiro atoms. The smallest absolute Gasteiger partial charge is 0.411 e. The van der Waals surface area contributed by atoms with Crippen LogP contribution in [0.3, 0.4) is 0 Å². The third kappa shape index (κ3) is 3.75. The molecule has 1 aliphatic rings. The van der Waals surface area contributed by atoms with Crippen molar-refractivity contribution in [3.8, 4) is 0 Å². The maximum absolute atomic E-state index is 12.4. The molecule has 1 saturated heterocycles. The molecule has 1 fully saturated rings. The summed E-state index contributed by atoms with van der Waals surface area (Å²) >= 11 is 0. The number of rotatable bonds is 4. The number of aromatic nitrogens is 2. The van der Waals surface area contributed by atoms with Gasteiger partial charge in [-0.1, -0.05) is 25.1 Å². The Hall–Kier alpha value is -2.34. The lowest BCUT2D eigenvalue weighted by Gasteiger charge is -2.28. The van der Waals surface area contributed by atoms with Crippen molar-refractivity contribution in [1.29, 1.82) is 0 Å². The Morgan fingerprint density at radius 1 is 1.23 bits per heavy atom. The van der Waals surface area contributed by atoms with Gasteiger partial charge < -0.3 is 14.4 Å². The topological polar surface area (TPSA) is 56.6 Å². The van der Waals surface area contributed by atoms with Crippen molar-refractivity contribution in [2.24, 2.45) is 0 Å². The molecule has 1 aromatic heterocycles. The molecule has 26 heavy (non-hydrogen) atoms. The first-order chi connectivity index (χ1) is 12.5. The predicted molar refractivity (Wildman–Crippen MR) is 99.2 cm³/mol. The molecule has 2 unspecified atom stereocenters. The van der Waals surface area contributed by atoms with Crippen LogP contribution in [0.15, 0.2) is 30.6 Å². The monoisotopic (exact) mass is 357 g/mol. The lowest BCUT2D eigenvalue weighted by atomic mass is 9.93. The third-order valence-corrected chi connectivity index (χ3v) is 5.13. The number of ether oxygens (including phenoxy) is 2. The van der Waals surface area contributed by atoms with Gasteiger partial charge in [0.1, 0.15) is 5.82 Å². The minimum absolute atomic E-state index is 0.106. The summed E-state index contributed by atoms with van der Waals surface area (Å²) in [6, 6.07) is 6.32.